The van der Waals surface area contributed by atoms with Gasteiger partial charge in [-0.2, -0.15) is 11.8 Å². The van der Waals surface area contributed by atoms with Crippen molar-refractivity contribution in [3.63, 3.8) is 0 Å². The highest BCUT2D eigenvalue weighted by atomic mass is 32.2. The predicted molar refractivity (Wildman–Crippen MR) is 77.5 cm³/mol. The summed E-state index contributed by atoms with van der Waals surface area (Å²) in [5.74, 6) is 0.608. The van der Waals surface area contributed by atoms with Crippen LogP contribution in [0, 0.1) is 5.92 Å². The summed E-state index contributed by atoms with van der Waals surface area (Å²) in [6.45, 7) is 10.7. The monoisotopic (exact) mass is 260 g/mol. The Morgan fingerprint density at radius 1 is 1.29 bits per heavy atom. The molecule has 0 spiro atoms. The third-order valence-electron chi connectivity index (χ3n) is 3.16. The Morgan fingerprint density at radius 2 is 1.88 bits per heavy atom. The molecule has 0 aliphatic rings. The topological polar surface area (TPSA) is 41.1 Å². The van der Waals surface area contributed by atoms with Gasteiger partial charge in [-0.3, -0.25) is 4.79 Å². The number of rotatable bonds is 9. The van der Waals surface area contributed by atoms with Crippen LogP contribution in [0.3, 0.4) is 0 Å². The third-order valence-corrected chi connectivity index (χ3v) is 4.75. The Hall–Kier alpha value is -0.220. The van der Waals surface area contributed by atoms with E-state index in [2.05, 4.69) is 44.6 Å². The molecule has 0 rings (SSSR count). The van der Waals surface area contributed by atoms with E-state index in [1.54, 1.807) is 0 Å². The van der Waals surface area contributed by atoms with Gasteiger partial charge in [0, 0.05) is 17.8 Å². The molecule has 3 nitrogen and oxygen atoms in total. The molecular formula is C13H28N2OS. The lowest BCUT2D eigenvalue weighted by molar-refractivity contribution is -0.120. The van der Waals surface area contributed by atoms with Crippen LogP contribution in [0.1, 0.15) is 40.5 Å². The van der Waals surface area contributed by atoms with E-state index in [0.29, 0.717) is 12.5 Å². The largest absolute Gasteiger partial charge is 0.355 e. The molecule has 1 amide bonds. The summed E-state index contributed by atoms with van der Waals surface area (Å²) in [6, 6.07) is 0. The van der Waals surface area contributed by atoms with E-state index < -0.39 is 0 Å². The van der Waals surface area contributed by atoms with Gasteiger partial charge in [0.15, 0.2) is 0 Å². The van der Waals surface area contributed by atoms with Crippen LogP contribution in [-0.4, -0.2) is 36.5 Å². The molecule has 4 heteroatoms. The first-order valence-electron chi connectivity index (χ1n) is 6.52. The smallest absolute Gasteiger partial charge is 0.233 e. The first kappa shape index (κ1) is 16.8. The van der Waals surface area contributed by atoms with Crippen LogP contribution < -0.4 is 10.6 Å². The summed E-state index contributed by atoms with van der Waals surface area (Å²) in [7, 11) is 0. The van der Waals surface area contributed by atoms with Gasteiger partial charge in [0.25, 0.3) is 0 Å². The van der Waals surface area contributed by atoms with Crippen LogP contribution in [-0.2, 0) is 4.79 Å². The molecule has 0 aliphatic heterocycles. The second kappa shape index (κ2) is 8.81. The summed E-state index contributed by atoms with van der Waals surface area (Å²) in [5, 5.41) is 6.18. The van der Waals surface area contributed by atoms with Crippen molar-refractivity contribution in [1.82, 2.24) is 10.6 Å². The van der Waals surface area contributed by atoms with Gasteiger partial charge >= 0.3 is 0 Å². The average Bonchev–Trinajstić information content (AvgIpc) is 2.33. The molecule has 0 saturated heterocycles. The maximum absolute atomic E-state index is 11.5. The first-order valence-corrected chi connectivity index (χ1v) is 7.74. The van der Waals surface area contributed by atoms with Gasteiger partial charge in [-0.25, -0.2) is 0 Å². The zero-order chi connectivity index (χ0) is 13.3. The number of amides is 1. The number of carbonyl (C=O) groups is 1. The summed E-state index contributed by atoms with van der Waals surface area (Å²) in [5.41, 5.74) is 0. The standard InChI is InChI=1S/C13H28N2OS/c1-6-13(7-2,17-5)10-14-9-12(16)15-8-11(3)4/h11,14H,6-10H2,1-5H3,(H,15,16). The summed E-state index contributed by atoms with van der Waals surface area (Å²) in [6.07, 6.45) is 4.41. The van der Waals surface area contributed by atoms with Gasteiger partial charge in [-0.1, -0.05) is 27.7 Å². The van der Waals surface area contributed by atoms with E-state index >= 15 is 0 Å². The lowest BCUT2D eigenvalue weighted by Crippen LogP contribution is -2.42. The fraction of sp³-hybridized carbons (Fsp3) is 0.923. The van der Waals surface area contributed by atoms with Crippen LogP contribution in [0.5, 0.6) is 0 Å². The van der Waals surface area contributed by atoms with Gasteiger partial charge in [0.05, 0.1) is 6.54 Å². The van der Waals surface area contributed by atoms with Crippen LogP contribution in [0.2, 0.25) is 0 Å². The fourth-order valence-electron chi connectivity index (χ4n) is 1.65. The first-order chi connectivity index (χ1) is 7.99. The van der Waals surface area contributed by atoms with E-state index in [1.165, 1.54) is 0 Å². The van der Waals surface area contributed by atoms with Crippen molar-refractivity contribution >= 4 is 17.7 Å². The van der Waals surface area contributed by atoms with Crippen molar-refractivity contribution in [3.8, 4) is 0 Å². The second-order valence-corrected chi connectivity index (χ2v) is 6.17. The highest BCUT2D eigenvalue weighted by Gasteiger charge is 2.24. The SMILES string of the molecule is CCC(CC)(CNCC(=O)NCC(C)C)SC. The molecule has 0 fully saturated rings. The van der Waals surface area contributed by atoms with Gasteiger partial charge in [-0.05, 0) is 25.0 Å². The van der Waals surface area contributed by atoms with Gasteiger partial charge in [0.1, 0.15) is 0 Å². The molecule has 102 valence electrons. The number of nitrogens with one attached hydrogen (secondary N) is 2. The van der Waals surface area contributed by atoms with E-state index in [1.807, 2.05) is 11.8 Å². The molecule has 17 heavy (non-hydrogen) atoms. The normalized spacial score (nSPS) is 11.9. The maximum Gasteiger partial charge on any atom is 0.233 e. The minimum absolute atomic E-state index is 0.0981. The molecule has 0 aromatic heterocycles. The minimum atomic E-state index is 0.0981. The molecule has 2 N–H and O–H groups in total. The van der Waals surface area contributed by atoms with Crippen LogP contribution >= 0.6 is 11.8 Å². The summed E-state index contributed by atoms with van der Waals surface area (Å²) in [4.78, 5) is 11.5. The van der Waals surface area contributed by atoms with Crippen LogP contribution in [0.15, 0.2) is 0 Å². The van der Waals surface area contributed by atoms with Gasteiger partial charge in [0.2, 0.25) is 5.91 Å². The highest BCUT2D eigenvalue weighted by Crippen LogP contribution is 2.29. The Balaban J connectivity index is 3.85. The Kier molecular flexibility index (Phi) is 8.70. The maximum atomic E-state index is 11.5. The number of carbonyl (C=O) groups excluding carboxylic acids is 1. The number of hydrogen-bond acceptors (Lipinski definition) is 3. The molecule has 0 aliphatic carbocycles. The van der Waals surface area contributed by atoms with Crippen LogP contribution in [0.25, 0.3) is 0 Å². The van der Waals surface area contributed by atoms with Crippen molar-refractivity contribution in [1.29, 1.82) is 0 Å². The summed E-state index contributed by atoms with van der Waals surface area (Å²) >= 11 is 1.89. The molecular weight excluding hydrogens is 232 g/mol. The molecule has 0 radical (unpaired) electrons. The van der Waals surface area contributed by atoms with Crippen molar-refractivity contribution in [3.05, 3.63) is 0 Å². The van der Waals surface area contributed by atoms with Crippen LogP contribution in [0.4, 0.5) is 0 Å². The zero-order valence-corrected chi connectivity index (χ0v) is 12.7. The van der Waals surface area contributed by atoms with Crippen molar-refractivity contribution < 1.29 is 4.79 Å². The van der Waals surface area contributed by atoms with E-state index in [-0.39, 0.29) is 10.7 Å². The zero-order valence-electron chi connectivity index (χ0n) is 11.9. The fourth-order valence-corrected chi connectivity index (χ4v) is 2.47. The van der Waals surface area contributed by atoms with Crippen molar-refractivity contribution in [2.75, 3.05) is 25.9 Å². The Bertz CT molecular complexity index is 207. The highest BCUT2D eigenvalue weighted by molar-refractivity contribution is 8.00. The van der Waals surface area contributed by atoms with Crippen molar-refractivity contribution in [2.24, 2.45) is 5.92 Å². The molecule has 0 heterocycles. The predicted octanol–water partition coefficient (Wildman–Crippen LogP) is 2.27. The Labute approximate surface area is 111 Å². The lowest BCUT2D eigenvalue weighted by Gasteiger charge is -2.29. The van der Waals surface area contributed by atoms with E-state index in [9.17, 15) is 4.79 Å². The van der Waals surface area contributed by atoms with E-state index in [0.717, 1.165) is 25.9 Å². The molecule has 0 bridgehead atoms. The second-order valence-electron chi connectivity index (χ2n) is 4.90. The molecule has 0 saturated carbocycles. The quantitative estimate of drug-likeness (QED) is 0.668. The van der Waals surface area contributed by atoms with Crippen molar-refractivity contribution in [2.45, 2.75) is 45.3 Å². The minimum Gasteiger partial charge on any atom is -0.355 e. The van der Waals surface area contributed by atoms with E-state index in [4.69, 9.17) is 0 Å². The molecule has 0 aromatic carbocycles. The molecule has 0 unspecified atom stereocenters. The third kappa shape index (κ3) is 6.94. The summed E-state index contributed by atoms with van der Waals surface area (Å²) < 4.78 is 0.276. The average molecular weight is 260 g/mol. The Morgan fingerprint density at radius 3 is 2.29 bits per heavy atom. The van der Waals surface area contributed by atoms with Gasteiger partial charge < -0.3 is 10.6 Å². The lowest BCUT2D eigenvalue weighted by atomic mass is 10.0. The van der Waals surface area contributed by atoms with Gasteiger partial charge in [-0.15, -0.1) is 0 Å². The molecule has 0 atom stereocenters. The number of thioether (sulfide) groups is 1. The molecule has 0 aromatic rings. The number of hydrogen-bond donors (Lipinski definition) is 2.